The Morgan fingerprint density at radius 1 is 1.50 bits per heavy atom. The van der Waals surface area contributed by atoms with Gasteiger partial charge >= 0.3 is 0 Å². The zero-order valence-corrected chi connectivity index (χ0v) is 11.3. The molecule has 0 saturated heterocycles. The van der Waals surface area contributed by atoms with Gasteiger partial charge in [0, 0.05) is 17.1 Å². The maximum Gasteiger partial charge on any atom is 0.0896 e. The molecule has 2 rings (SSSR count). The molecule has 0 aromatic carbocycles. The van der Waals surface area contributed by atoms with E-state index in [0.717, 1.165) is 17.9 Å². The smallest absolute Gasteiger partial charge is 0.0896 e. The van der Waals surface area contributed by atoms with E-state index in [0.29, 0.717) is 0 Å². The van der Waals surface area contributed by atoms with Crippen molar-refractivity contribution in [1.29, 1.82) is 0 Å². The first-order chi connectivity index (χ1) is 7.65. The van der Waals surface area contributed by atoms with Gasteiger partial charge in [0.1, 0.15) is 0 Å². The molecule has 1 unspecified atom stereocenters. The van der Waals surface area contributed by atoms with E-state index in [4.69, 9.17) is 0 Å². The summed E-state index contributed by atoms with van der Waals surface area (Å²) in [6.45, 7) is 7.90. The normalized spacial score (nSPS) is 18.0. The maximum atomic E-state index is 4.33. The van der Waals surface area contributed by atoms with Crippen LogP contribution in [0.3, 0.4) is 0 Å². The second kappa shape index (κ2) is 5.28. The van der Waals surface area contributed by atoms with E-state index < -0.39 is 0 Å². The van der Waals surface area contributed by atoms with Gasteiger partial charge in [-0.15, -0.1) is 11.3 Å². The minimum atomic E-state index is 0.744. The summed E-state index contributed by atoms with van der Waals surface area (Å²) in [6.07, 6.45) is 5.99. The third-order valence-electron chi connectivity index (χ3n) is 3.32. The molecular formula is C13H22N2S. The van der Waals surface area contributed by atoms with Crippen molar-refractivity contribution in [2.75, 3.05) is 6.54 Å². The summed E-state index contributed by atoms with van der Waals surface area (Å²) in [5.74, 6) is 1.49. The molecule has 0 bridgehead atoms. The molecule has 16 heavy (non-hydrogen) atoms. The maximum absolute atomic E-state index is 4.33. The first-order valence-electron chi connectivity index (χ1n) is 6.30. The Morgan fingerprint density at radius 2 is 2.25 bits per heavy atom. The molecule has 1 atom stereocenters. The van der Waals surface area contributed by atoms with E-state index in [1.165, 1.54) is 35.7 Å². The second-order valence-corrected chi connectivity index (χ2v) is 6.56. The Hall–Kier alpha value is -0.410. The summed E-state index contributed by atoms with van der Waals surface area (Å²) in [6, 6.07) is 0.824. The van der Waals surface area contributed by atoms with Crippen molar-refractivity contribution < 1.29 is 0 Å². The quantitative estimate of drug-likeness (QED) is 0.824. The van der Waals surface area contributed by atoms with Crippen LogP contribution in [0.1, 0.15) is 36.6 Å². The van der Waals surface area contributed by atoms with Gasteiger partial charge in [0.2, 0.25) is 0 Å². The predicted octanol–water partition coefficient (Wildman–Crippen LogP) is 3.02. The molecule has 3 heteroatoms. The summed E-state index contributed by atoms with van der Waals surface area (Å²) in [5, 5.41) is 4.84. The predicted molar refractivity (Wildman–Crippen MR) is 69.9 cm³/mol. The Kier molecular flexibility index (Phi) is 3.98. The van der Waals surface area contributed by atoms with Crippen molar-refractivity contribution >= 4 is 11.3 Å². The fourth-order valence-corrected chi connectivity index (χ4v) is 2.79. The standard InChI is InChI=1S/C13H22N2S/c1-9(2)11(7-15-12-4-5-12)6-13-8-14-10(3)16-13/h8-9,11-12,15H,4-7H2,1-3H3. The molecule has 1 N–H and O–H groups in total. The van der Waals surface area contributed by atoms with Crippen LogP contribution in [0.5, 0.6) is 0 Å². The fraction of sp³-hybridized carbons (Fsp3) is 0.769. The van der Waals surface area contributed by atoms with E-state index in [1.54, 1.807) is 0 Å². The van der Waals surface area contributed by atoms with Crippen LogP contribution in [0.2, 0.25) is 0 Å². The van der Waals surface area contributed by atoms with Gasteiger partial charge in [0.25, 0.3) is 0 Å². The largest absolute Gasteiger partial charge is 0.314 e. The SMILES string of the molecule is Cc1ncc(CC(CNC2CC2)C(C)C)s1. The molecule has 90 valence electrons. The first-order valence-corrected chi connectivity index (χ1v) is 7.11. The number of nitrogens with zero attached hydrogens (tertiary/aromatic N) is 1. The van der Waals surface area contributed by atoms with Crippen LogP contribution in [-0.4, -0.2) is 17.6 Å². The Balaban J connectivity index is 1.85. The summed E-state index contributed by atoms with van der Waals surface area (Å²) < 4.78 is 0. The molecular weight excluding hydrogens is 216 g/mol. The van der Waals surface area contributed by atoms with E-state index in [9.17, 15) is 0 Å². The molecule has 1 fully saturated rings. The fourth-order valence-electron chi connectivity index (χ4n) is 1.91. The Morgan fingerprint density at radius 3 is 2.75 bits per heavy atom. The topological polar surface area (TPSA) is 24.9 Å². The van der Waals surface area contributed by atoms with Gasteiger partial charge in [-0.05, 0) is 44.6 Å². The average Bonchev–Trinajstić information content (AvgIpc) is 2.96. The van der Waals surface area contributed by atoms with Gasteiger partial charge in [-0.2, -0.15) is 0 Å². The van der Waals surface area contributed by atoms with Gasteiger partial charge in [-0.3, -0.25) is 0 Å². The van der Waals surface area contributed by atoms with E-state index in [1.807, 2.05) is 17.5 Å². The summed E-state index contributed by atoms with van der Waals surface area (Å²) in [5.41, 5.74) is 0. The van der Waals surface area contributed by atoms with Gasteiger partial charge in [-0.1, -0.05) is 13.8 Å². The van der Waals surface area contributed by atoms with Gasteiger partial charge < -0.3 is 5.32 Å². The lowest BCUT2D eigenvalue weighted by atomic mass is 9.92. The third-order valence-corrected chi connectivity index (χ3v) is 4.26. The second-order valence-electron chi connectivity index (χ2n) is 5.24. The molecule has 1 aliphatic rings. The molecule has 1 saturated carbocycles. The summed E-state index contributed by atoms with van der Waals surface area (Å²) in [4.78, 5) is 5.77. The first kappa shape index (κ1) is 12.1. The number of hydrogen-bond donors (Lipinski definition) is 1. The molecule has 1 aromatic rings. The summed E-state index contributed by atoms with van der Waals surface area (Å²) >= 11 is 1.84. The highest BCUT2D eigenvalue weighted by Crippen LogP contribution is 2.23. The number of rotatable bonds is 6. The van der Waals surface area contributed by atoms with Crippen LogP contribution >= 0.6 is 11.3 Å². The van der Waals surface area contributed by atoms with Gasteiger partial charge in [0.05, 0.1) is 5.01 Å². The minimum absolute atomic E-state index is 0.744. The number of nitrogens with one attached hydrogen (secondary N) is 1. The molecule has 1 heterocycles. The van der Waals surface area contributed by atoms with E-state index in [-0.39, 0.29) is 0 Å². The van der Waals surface area contributed by atoms with Crippen LogP contribution in [0.25, 0.3) is 0 Å². The van der Waals surface area contributed by atoms with Crippen LogP contribution in [0.15, 0.2) is 6.20 Å². The molecule has 0 amide bonds. The highest BCUT2D eigenvalue weighted by Gasteiger charge is 2.23. The highest BCUT2D eigenvalue weighted by molar-refractivity contribution is 7.11. The van der Waals surface area contributed by atoms with Gasteiger partial charge in [-0.25, -0.2) is 4.98 Å². The number of aromatic nitrogens is 1. The molecule has 0 spiro atoms. The van der Waals surface area contributed by atoms with Crippen molar-refractivity contribution in [2.24, 2.45) is 11.8 Å². The zero-order valence-electron chi connectivity index (χ0n) is 10.5. The van der Waals surface area contributed by atoms with Crippen LogP contribution < -0.4 is 5.32 Å². The van der Waals surface area contributed by atoms with Crippen molar-refractivity contribution in [3.05, 3.63) is 16.1 Å². The van der Waals surface area contributed by atoms with Crippen LogP contribution in [-0.2, 0) is 6.42 Å². The monoisotopic (exact) mass is 238 g/mol. The van der Waals surface area contributed by atoms with Gasteiger partial charge in [0.15, 0.2) is 0 Å². The molecule has 0 radical (unpaired) electrons. The summed E-state index contributed by atoms with van der Waals surface area (Å²) in [7, 11) is 0. The Bertz CT molecular complexity index is 328. The lowest BCUT2D eigenvalue weighted by Gasteiger charge is -2.20. The number of aryl methyl sites for hydroxylation is 1. The van der Waals surface area contributed by atoms with Crippen molar-refractivity contribution in [1.82, 2.24) is 10.3 Å². The Labute approximate surface area is 102 Å². The molecule has 0 aliphatic heterocycles. The van der Waals surface area contributed by atoms with E-state index in [2.05, 4.69) is 31.1 Å². The van der Waals surface area contributed by atoms with Crippen molar-refractivity contribution in [3.63, 3.8) is 0 Å². The lowest BCUT2D eigenvalue weighted by molar-refractivity contribution is 0.361. The average molecular weight is 238 g/mol. The molecule has 1 aromatic heterocycles. The zero-order chi connectivity index (χ0) is 11.5. The number of thiazole rings is 1. The minimum Gasteiger partial charge on any atom is -0.314 e. The van der Waals surface area contributed by atoms with Crippen LogP contribution in [0.4, 0.5) is 0 Å². The third kappa shape index (κ3) is 3.56. The van der Waals surface area contributed by atoms with E-state index >= 15 is 0 Å². The van der Waals surface area contributed by atoms with Crippen LogP contribution in [0, 0.1) is 18.8 Å². The van der Waals surface area contributed by atoms with Crippen molar-refractivity contribution in [2.45, 2.75) is 46.1 Å². The molecule has 2 nitrogen and oxygen atoms in total. The lowest BCUT2D eigenvalue weighted by Crippen LogP contribution is -2.29. The highest BCUT2D eigenvalue weighted by atomic mass is 32.1. The number of hydrogen-bond acceptors (Lipinski definition) is 3. The molecule has 1 aliphatic carbocycles. The van der Waals surface area contributed by atoms with Crippen molar-refractivity contribution in [3.8, 4) is 0 Å².